The van der Waals surface area contributed by atoms with E-state index in [1.807, 2.05) is 0 Å². The predicted molar refractivity (Wildman–Crippen MR) is 48.2 cm³/mol. The van der Waals surface area contributed by atoms with Gasteiger partial charge in [0.05, 0.1) is 30.8 Å². The Bertz CT molecular complexity index is 296. The molecular formula is C8H11N4O2. The van der Waals surface area contributed by atoms with Crippen molar-refractivity contribution in [2.24, 2.45) is 5.73 Å². The minimum absolute atomic E-state index is 0.130. The highest BCUT2D eigenvalue weighted by atomic mass is 16.2. The van der Waals surface area contributed by atoms with Crippen LogP contribution in [-0.4, -0.2) is 34.7 Å². The smallest absolute Gasteiger partial charge is 0.234 e. The molecule has 0 fully saturated rings. The predicted octanol–water partition coefficient (Wildman–Crippen LogP) is -1.61. The molecule has 75 valence electrons. The first-order chi connectivity index (χ1) is 6.76. The Balaban J connectivity index is 2.47. The van der Waals surface area contributed by atoms with Gasteiger partial charge in [-0.15, -0.1) is 0 Å². The second-order valence-electron chi connectivity index (χ2n) is 2.69. The summed E-state index contributed by atoms with van der Waals surface area (Å²) < 4.78 is 0. The molecule has 0 aliphatic heterocycles. The number of hydrogen-bond acceptors (Lipinski definition) is 4. The van der Waals surface area contributed by atoms with E-state index in [0.717, 1.165) is 0 Å². The van der Waals surface area contributed by atoms with Gasteiger partial charge < -0.3 is 20.8 Å². The van der Waals surface area contributed by atoms with E-state index in [0.29, 0.717) is 18.4 Å². The number of aromatic amines is 1. The van der Waals surface area contributed by atoms with E-state index >= 15 is 0 Å². The Hall–Kier alpha value is -1.69. The van der Waals surface area contributed by atoms with Gasteiger partial charge in [-0.1, -0.05) is 0 Å². The first-order valence-electron chi connectivity index (χ1n) is 4.11. The van der Waals surface area contributed by atoms with Crippen LogP contribution in [0.15, 0.2) is 6.33 Å². The monoisotopic (exact) mass is 195 g/mol. The fourth-order valence-corrected chi connectivity index (χ4v) is 0.969. The van der Waals surface area contributed by atoms with Gasteiger partial charge in [-0.2, -0.15) is 0 Å². The number of nitrogens with two attached hydrogens (primary N) is 1. The lowest BCUT2D eigenvalue weighted by atomic mass is 10.2. The molecule has 0 spiro atoms. The summed E-state index contributed by atoms with van der Waals surface area (Å²) in [6.45, 7) is -0.130. The zero-order chi connectivity index (χ0) is 10.4. The highest BCUT2D eigenvalue weighted by Gasteiger charge is 2.11. The molecule has 0 aliphatic rings. The highest BCUT2D eigenvalue weighted by Crippen LogP contribution is 1.95. The number of hydrogen-bond donors (Lipinski definition) is 3. The molecule has 6 nitrogen and oxygen atoms in total. The van der Waals surface area contributed by atoms with Crippen molar-refractivity contribution in [1.29, 1.82) is 0 Å². The summed E-state index contributed by atoms with van der Waals surface area (Å²) in [5.74, 6) is -0.363. The Morgan fingerprint density at radius 2 is 2.64 bits per heavy atom. The van der Waals surface area contributed by atoms with Crippen LogP contribution in [0.2, 0.25) is 0 Å². The van der Waals surface area contributed by atoms with E-state index in [4.69, 9.17) is 5.73 Å². The lowest BCUT2D eigenvalue weighted by Gasteiger charge is -2.09. The maximum atomic E-state index is 10.9. The third kappa shape index (κ3) is 2.98. The number of imidazole rings is 1. The maximum Gasteiger partial charge on any atom is 0.234 e. The molecule has 1 rings (SSSR count). The summed E-state index contributed by atoms with van der Waals surface area (Å²) in [6.07, 6.45) is 5.14. The average Bonchev–Trinajstić information content (AvgIpc) is 2.69. The second-order valence-corrected chi connectivity index (χ2v) is 2.69. The number of nitrogens with one attached hydrogen (secondary N) is 2. The molecule has 1 atom stereocenters. The van der Waals surface area contributed by atoms with Crippen LogP contribution in [-0.2, 0) is 16.0 Å². The van der Waals surface area contributed by atoms with E-state index in [2.05, 4.69) is 21.5 Å². The van der Waals surface area contributed by atoms with Gasteiger partial charge in [-0.3, -0.25) is 4.79 Å². The molecule has 1 radical (unpaired) electrons. The van der Waals surface area contributed by atoms with Crippen molar-refractivity contribution in [3.8, 4) is 0 Å². The van der Waals surface area contributed by atoms with Crippen LogP contribution in [0.25, 0.3) is 0 Å². The van der Waals surface area contributed by atoms with Gasteiger partial charge in [0, 0.05) is 6.42 Å². The number of nitrogens with zero attached hydrogens (tertiary/aromatic N) is 1. The minimum atomic E-state index is -0.592. The number of amides is 1. The van der Waals surface area contributed by atoms with Crippen LogP contribution in [0.4, 0.5) is 0 Å². The van der Waals surface area contributed by atoms with Gasteiger partial charge in [-0.05, 0) is 0 Å². The standard InChI is InChI=1S/C8H11N4O2/c9-2-8(14)12-7(4-13)1-6-3-10-5-11-6/h4-5,7H,1-2,9H2,(H,10,11)(H,12,14)/t7-/m0/s1. The fourth-order valence-electron chi connectivity index (χ4n) is 0.969. The highest BCUT2D eigenvalue weighted by molar-refractivity contribution is 5.81. The number of carbonyl (C=O) groups is 2. The molecule has 6 heteroatoms. The maximum absolute atomic E-state index is 10.9. The van der Waals surface area contributed by atoms with Gasteiger partial charge in [0.2, 0.25) is 5.91 Å². The van der Waals surface area contributed by atoms with Gasteiger partial charge in [0.15, 0.2) is 0 Å². The molecule has 1 heterocycles. The van der Waals surface area contributed by atoms with Gasteiger partial charge >= 0.3 is 0 Å². The molecule has 0 unspecified atom stereocenters. The summed E-state index contributed by atoms with van der Waals surface area (Å²) in [7, 11) is 0. The van der Waals surface area contributed by atoms with Gasteiger partial charge in [0.25, 0.3) is 0 Å². The van der Waals surface area contributed by atoms with Crippen LogP contribution < -0.4 is 11.1 Å². The molecule has 14 heavy (non-hydrogen) atoms. The normalized spacial score (nSPS) is 12.1. The summed E-state index contributed by atoms with van der Waals surface area (Å²) in [6, 6.07) is -0.592. The zero-order valence-electron chi connectivity index (χ0n) is 7.49. The van der Waals surface area contributed by atoms with Crippen molar-refractivity contribution < 1.29 is 9.59 Å². The van der Waals surface area contributed by atoms with Crippen molar-refractivity contribution in [3.63, 3.8) is 0 Å². The summed E-state index contributed by atoms with van der Waals surface area (Å²) in [5, 5.41) is 2.45. The third-order valence-corrected chi connectivity index (χ3v) is 1.61. The largest absolute Gasteiger partial charge is 0.345 e. The molecule has 1 aromatic rings. The second kappa shape index (κ2) is 5.13. The Morgan fingerprint density at radius 3 is 3.14 bits per heavy atom. The SMILES string of the molecule is NCC(=O)N[C@H](C=O)Cc1[c][nH]cn1. The Kier molecular flexibility index (Phi) is 3.81. The number of carbonyl (C=O) groups excluding carboxylic acids is 2. The molecule has 1 amide bonds. The molecule has 1 aromatic heterocycles. The zero-order valence-corrected chi connectivity index (χ0v) is 7.49. The topological polar surface area (TPSA) is 101 Å². The first-order valence-corrected chi connectivity index (χ1v) is 4.11. The molecule has 0 saturated heterocycles. The fraction of sp³-hybridized carbons (Fsp3) is 0.375. The third-order valence-electron chi connectivity index (χ3n) is 1.61. The molecule has 0 aromatic carbocycles. The van der Waals surface area contributed by atoms with Gasteiger partial charge in [-0.25, -0.2) is 4.98 Å². The average molecular weight is 195 g/mol. The number of H-pyrrole nitrogens is 1. The lowest BCUT2D eigenvalue weighted by Crippen LogP contribution is -2.41. The van der Waals surface area contributed by atoms with E-state index in [-0.39, 0.29) is 12.5 Å². The lowest BCUT2D eigenvalue weighted by molar-refractivity contribution is -0.122. The van der Waals surface area contributed by atoms with E-state index in [9.17, 15) is 9.59 Å². The summed E-state index contributed by atoms with van der Waals surface area (Å²) >= 11 is 0. The van der Waals surface area contributed by atoms with Gasteiger partial charge in [0.1, 0.15) is 6.29 Å². The van der Waals surface area contributed by atoms with E-state index in [1.54, 1.807) is 0 Å². The number of aromatic nitrogens is 2. The van der Waals surface area contributed by atoms with Crippen LogP contribution in [0.3, 0.4) is 0 Å². The Morgan fingerprint density at radius 1 is 1.86 bits per heavy atom. The Labute approximate surface area is 80.9 Å². The van der Waals surface area contributed by atoms with Crippen LogP contribution in [0.1, 0.15) is 5.69 Å². The molecular weight excluding hydrogens is 184 g/mol. The molecule has 4 N–H and O–H groups in total. The van der Waals surface area contributed by atoms with Crippen molar-refractivity contribution in [1.82, 2.24) is 15.3 Å². The molecule has 0 saturated carbocycles. The summed E-state index contributed by atoms with van der Waals surface area (Å²) in [4.78, 5) is 28.0. The molecule has 0 aliphatic carbocycles. The summed E-state index contributed by atoms with van der Waals surface area (Å²) in [5.41, 5.74) is 5.69. The quantitative estimate of drug-likeness (QED) is 0.492. The first kappa shape index (κ1) is 10.4. The number of rotatable bonds is 5. The number of aldehydes is 1. The van der Waals surface area contributed by atoms with Crippen molar-refractivity contribution in [2.75, 3.05) is 6.54 Å². The minimum Gasteiger partial charge on any atom is -0.345 e. The van der Waals surface area contributed by atoms with E-state index < -0.39 is 6.04 Å². The van der Waals surface area contributed by atoms with Crippen LogP contribution in [0, 0.1) is 6.20 Å². The molecule has 0 bridgehead atoms. The van der Waals surface area contributed by atoms with Crippen molar-refractivity contribution >= 4 is 12.2 Å². The van der Waals surface area contributed by atoms with E-state index in [1.165, 1.54) is 6.33 Å². The van der Waals surface area contributed by atoms with Crippen molar-refractivity contribution in [2.45, 2.75) is 12.5 Å². The van der Waals surface area contributed by atoms with Crippen LogP contribution in [0.5, 0.6) is 0 Å². The van der Waals surface area contributed by atoms with Crippen LogP contribution >= 0.6 is 0 Å². The van der Waals surface area contributed by atoms with Crippen molar-refractivity contribution in [3.05, 3.63) is 18.2 Å².